The van der Waals surface area contributed by atoms with E-state index in [1.54, 1.807) is 19.2 Å². The SMILES string of the molecule is CNC(=O)CNc1ccc(Cl)cn1. The van der Waals surface area contributed by atoms with Crippen LogP contribution in [0.15, 0.2) is 18.3 Å². The molecule has 0 radical (unpaired) electrons. The molecule has 0 aliphatic carbocycles. The molecule has 4 nitrogen and oxygen atoms in total. The second-order valence-electron chi connectivity index (χ2n) is 2.39. The summed E-state index contributed by atoms with van der Waals surface area (Å²) < 4.78 is 0. The summed E-state index contributed by atoms with van der Waals surface area (Å²) in [4.78, 5) is 14.8. The smallest absolute Gasteiger partial charge is 0.239 e. The van der Waals surface area contributed by atoms with Gasteiger partial charge < -0.3 is 10.6 Å². The Morgan fingerprint density at radius 2 is 2.38 bits per heavy atom. The molecule has 1 amide bonds. The molecule has 0 fully saturated rings. The number of nitrogens with zero attached hydrogens (tertiary/aromatic N) is 1. The Morgan fingerprint density at radius 3 is 2.92 bits per heavy atom. The minimum atomic E-state index is -0.0863. The molecule has 0 aromatic carbocycles. The van der Waals surface area contributed by atoms with Crippen molar-refractivity contribution in [3.8, 4) is 0 Å². The highest BCUT2D eigenvalue weighted by atomic mass is 35.5. The lowest BCUT2D eigenvalue weighted by molar-refractivity contribution is -0.118. The van der Waals surface area contributed by atoms with E-state index < -0.39 is 0 Å². The number of anilines is 1. The van der Waals surface area contributed by atoms with E-state index in [1.165, 1.54) is 6.20 Å². The van der Waals surface area contributed by atoms with Crippen molar-refractivity contribution in [1.82, 2.24) is 10.3 Å². The lowest BCUT2D eigenvalue weighted by Gasteiger charge is -2.03. The van der Waals surface area contributed by atoms with Crippen molar-refractivity contribution in [2.24, 2.45) is 0 Å². The number of aromatic nitrogens is 1. The van der Waals surface area contributed by atoms with Crippen LogP contribution in [0.1, 0.15) is 0 Å². The van der Waals surface area contributed by atoms with E-state index in [2.05, 4.69) is 15.6 Å². The predicted octanol–water partition coefficient (Wildman–Crippen LogP) is 0.893. The number of hydrogen-bond donors (Lipinski definition) is 2. The van der Waals surface area contributed by atoms with Gasteiger partial charge in [-0.3, -0.25) is 4.79 Å². The van der Waals surface area contributed by atoms with Crippen molar-refractivity contribution < 1.29 is 4.79 Å². The minimum absolute atomic E-state index is 0.0863. The van der Waals surface area contributed by atoms with Crippen molar-refractivity contribution in [3.05, 3.63) is 23.4 Å². The summed E-state index contributed by atoms with van der Waals surface area (Å²) in [6.07, 6.45) is 1.52. The summed E-state index contributed by atoms with van der Waals surface area (Å²) >= 11 is 5.63. The first-order valence-corrected chi connectivity index (χ1v) is 4.16. The molecule has 1 heterocycles. The Morgan fingerprint density at radius 1 is 1.62 bits per heavy atom. The van der Waals surface area contributed by atoms with Crippen LogP contribution in [0.3, 0.4) is 0 Å². The summed E-state index contributed by atoms with van der Waals surface area (Å²) in [5, 5.41) is 5.91. The fourth-order valence-corrected chi connectivity index (χ4v) is 0.851. The molecule has 2 N–H and O–H groups in total. The third-order valence-electron chi connectivity index (χ3n) is 1.44. The van der Waals surface area contributed by atoms with Crippen LogP contribution >= 0.6 is 11.6 Å². The Labute approximate surface area is 81.3 Å². The molecule has 0 spiro atoms. The molecule has 0 bridgehead atoms. The predicted molar refractivity (Wildman–Crippen MR) is 51.8 cm³/mol. The maximum atomic E-state index is 10.8. The highest BCUT2D eigenvalue weighted by Gasteiger charge is 1.97. The van der Waals surface area contributed by atoms with E-state index in [4.69, 9.17) is 11.6 Å². The summed E-state index contributed by atoms with van der Waals surface area (Å²) in [5.41, 5.74) is 0. The number of pyridine rings is 1. The monoisotopic (exact) mass is 199 g/mol. The summed E-state index contributed by atoms with van der Waals surface area (Å²) in [6, 6.07) is 3.42. The molecule has 70 valence electrons. The Hall–Kier alpha value is -1.29. The lowest BCUT2D eigenvalue weighted by Crippen LogP contribution is -2.26. The molecule has 0 atom stereocenters. The zero-order chi connectivity index (χ0) is 9.68. The van der Waals surface area contributed by atoms with Crippen LogP contribution in [0.4, 0.5) is 5.82 Å². The van der Waals surface area contributed by atoms with Crippen molar-refractivity contribution in [3.63, 3.8) is 0 Å². The van der Waals surface area contributed by atoms with Crippen LogP contribution in [0.2, 0.25) is 5.02 Å². The summed E-state index contributed by atoms with van der Waals surface area (Å²) in [6.45, 7) is 0.213. The number of nitrogens with one attached hydrogen (secondary N) is 2. The molecule has 1 aromatic heterocycles. The van der Waals surface area contributed by atoms with Gasteiger partial charge in [0, 0.05) is 13.2 Å². The normalized spacial score (nSPS) is 9.38. The molecule has 0 saturated heterocycles. The van der Waals surface area contributed by atoms with E-state index in [0.29, 0.717) is 10.8 Å². The molecule has 1 aromatic rings. The van der Waals surface area contributed by atoms with Gasteiger partial charge in [0.25, 0.3) is 0 Å². The minimum Gasteiger partial charge on any atom is -0.361 e. The largest absolute Gasteiger partial charge is 0.361 e. The molecule has 0 saturated carbocycles. The van der Waals surface area contributed by atoms with Gasteiger partial charge in [0.2, 0.25) is 5.91 Å². The Kier molecular flexibility index (Phi) is 3.52. The molecule has 1 rings (SSSR count). The molecule has 5 heteroatoms. The van der Waals surface area contributed by atoms with Gasteiger partial charge in [0.15, 0.2) is 0 Å². The number of halogens is 1. The van der Waals surface area contributed by atoms with Crippen LogP contribution in [-0.4, -0.2) is 24.5 Å². The second kappa shape index (κ2) is 4.67. The highest BCUT2D eigenvalue weighted by Crippen LogP contribution is 2.08. The molecule has 0 aliphatic heterocycles. The average Bonchev–Trinajstić information content (AvgIpc) is 2.16. The molecule has 13 heavy (non-hydrogen) atoms. The van der Waals surface area contributed by atoms with Crippen LogP contribution in [-0.2, 0) is 4.79 Å². The Balaban J connectivity index is 2.46. The number of carbonyl (C=O) groups excluding carboxylic acids is 1. The van der Waals surface area contributed by atoms with Gasteiger partial charge in [-0.05, 0) is 12.1 Å². The maximum absolute atomic E-state index is 10.8. The fraction of sp³-hybridized carbons (Fsp3) is 0.250. The number of rotatable bonds is 3. The number of hydrogen-bond acceptors (Lipinski definition) is 3. The maximum Gasteiger partial charge on any atom is 0.239 e. The Bertz CT molecular complexity index is 286. The van der Waals surface area contributed by atoms with Crippen LogP contribution in [0, 0.1) is 0 Å². The topological polar surface area (TPSA) is 54.0 Å². The third kappa shape index (κ3) is 3.29. The highest BCUT2D eigenvalue weighted by molar-refractivity contribution is 6.30. The van der Waals surface area contributed by atoms with Gasteiger partial charge in [0.1, 0.15) is 5.82 Å². The van der Waals surface area contributed by atoms with Crippen molar-refractivity contribution in [1.29, 1.82) is 0 Å². The van der Waals surface area contributed by atoms with E-state index in [0.717, 1.165) is 0 Å². The number of amides is 1. The van der Waals surface area contributed by atoms with Crippen molar-refractivity contribution in [2.45, 2.75) is 0 Å². The quantitative estimate of drug-likeness (QED) is 0.761. The van der Waals surface area contributed by atoms with E-state index in [-0.39, 0.29) is 12.5 Å². The number of carbonyl (C=O) groups is 1. The average molecular weight is 200 g/mol. The number of likely N-dealkylation sites (N-methyl/N-ethyl adjacent to an activating group) is 1. The molecular weight excluding hydrogens is 190 g/mol. The molecule has 0 aliphatic rings. The first-order valence-electron chi connectivity index (χ1n) is 3.78. The van der Waals surface area contributed by atoms with Crippen LogP contribution < -0.4 is 10.6 Å². The van der Waals surface area contributed by atoms with Gasteiger partial charge in [0.05, 0.1) is 11.6 Å². The standard InChI is InChI=1S/C8H10ClN3O/c1-10-8(13)5-12-7-3-2-6(9)4-11-7/h2-4H,5H2,1H3,(H,10,13)(H,11,12). The summed E-state index contributed by atoms with van der Waals surface area (Å²) in [5.74, 6) is 0.546. The zero-order valence-corrected chi connectivity index (χ0v) is 7.93. The molecular formula is C8H10ClN3O. The molecule has 0 unspecified atom stereocenters. The van der Waals surface area contributed by atoms with Crippen LogP contribution in [0.5, 0.6) is 0 Å². The van der Waals surface area contributed by atoms with Gasteiger partial charge >= 0.3 is 0 Å². The van der Waals surface area contributed by atoms with E-state index >= 15 is 0 Å². The third-order valence-corrected chi connectivity index (χ3v) is 1.66. The first-order chi connectivity index (χ1) is 6.22. The van der Waals surface area contributed by atoms with Crippen LogP contribution in [0.25, 0.3) is 0 Å². The van der Waals surface area contributed by atoms with Crippen molar-refractivity contribution in [2.75, 3.05) is 18.9 Å². The van der Waals surface area contributed by atoms with E-state index in [9.17, 15) is 4.79 Å². The first kappa shape index (κ1) is 9.80. The summed E-state index contributed by atoms with van der Waals surface area (Å²) in [7, 11) is 1.58. The lowest BCUT2D eigenvalue weighted by atomic mass is 10.4. The van der Waals surface area contributed by atoms with Gasteiger partial charge in [-0.2, -0.15) is 0 Å². The van der Waals surface area contributed by atoms with Crippen molar-refractivity contribution >= 4 is 23.3 Å². The zero-order valence-electron chi connectivity index (χ0n) is 7.17. The van der Waals surface area contributed by atoms with E-state index in [1.807, 2.05) is 0 Å². The van der Waals surface area contributed by atoms with Gasteiger partial charge in [-0.15, -0.1) is 0 Å². The second-order valence-corrected chi connectivity index (χ2v) is 2.82. The van der Waals surface area contributed by atoms with Gasteiger partial charge in [-0.1, -0.05) is 11.6 Å². The van der Waals surface area contributed by atoms with Gasteiger partial charge in [-0.25, -0.2) is 4.98 Å². The fourth-order valence-electron chi connectivity index (χ4n) is 0.740.